The molecular formula is C90H156N24O24Y2. The molecule has 16 amide bonds. The Morgan fingerprint density at radius 3 is 0.929 bits per heavy atom. The van der Waals surface area contributed by atoms with Gasteiger partial charge in [-0.1, -0.05) is 41.5 Å². The van der Waals surface area contributed by atoms with Crippen LogP contribution in [0.5, 0.6) is 0 Å². The second-order valence-corrected chi connectivity index (χ2v) is 39.4. The fourth-order valence-corrected chi connectivity index (χ4v) is 16.7. The van der Waals surface area contributed by atoms with E-state index >= 15 is 0 Å². The number of hydrogen-bond donors (Lipinski definition) is 20. The van der Waals surface area contributed by atoms with Gasteiger partial charge in [-0.15, -0.1) is 0 Å². The topological polar surface area (TPSA) is 724 Å². The summed E-state index contributed by atoms with van der Waals surface area (Å²) in [4.78, 5) is 262. The van der Waals surface area contributed by atoms with E-state index in [1.165, 1.54) is 33.4 Å². The van der Waals surface area contributed by atoms with Gasteiger partial charge in [-0.25, -0.2) is 0 Å². The molecule has 24 N–H and O–H groups in total. The molecule has 0 aromatic carbocycles. The van der Waals surface area contributed by atoms with Gasteiger partial charge in [0.1, 0.15) is 48.3 Å². The van der Waals surface area contributed by atoms with Crippen LogP contribution in [0.25, 0.3) is 0 Å². The van der Waals surface area contributed by atoms with Gasteiger partial charge in [-0.3, -0.25) is 119 Å². The average Bonchev–Trinajstić information content (AvgIpc) is 1.67. The smallest absolute Gasteiger partial charge is 0.338 e. The van der Waals surface area contributed by atoms with Crippen LogP contribution in [0.4, 0.5) is 0 Å². The number of carboxylic acid groups (broad SMARTS) is 2. The fourth-order valence-electron chi connectivity index (χ4n) is 16.7. The number of carbonyl (C=O) groups excluding carboxylic acids is 20. The van der Waals surface area contributed by atoms with Gasteiger partial charge in [-0.2, -0.15) is 0 Å². The van der Waals surface area contributed by atoms with Gasteiger partial charge in [0, 0.05) is 178 Å². The summed E-state index contributed by atoms with van der Waals surface area (Å²) in [6.45, 7) is 33.8. The summed E-state index contributed by atoms with van der Waals surface area (Å²) >= 11 is 0. The van der Waals surface area contributed by atoms with E-state index in [2.05, 4.69) is 73.8 Å². The molecule has 6 aliphatic rings. The molecule has 6 rings (SSSR count). The van der Waals surface area contributed by atoms with E-state index in [0.29, 0.717) is 129 Å². The van der Waals surface area contributed by atoms with Crippen LogP contribution >= 0.6 is 0 Å². The van der Waals surface area contributed by atoms with E-state index in [9.17, 15) is 116 Å². The van der Waals surface area contributed by atoms with Crippen LogP contribution in [-0.4, -0.2) is 357 Å². The Bertz CT molecular complexity index is 4040. The largest absolute Gasteiger partial charge is 0.550 e. The number of nitrogens with two attached hydrogens (primary N) is 4. The van der Waals surface area contributed by atoms with Gasteiger partial charge in [0.2, 0.25) is 94.5 Å². The van der Waals surface area contributed by atoms with Crippen molar-refractivity contribution in [2.24, 2.45) is 33.8 Å². The number of nitrogens with one attached hydrogen (secondary N) is 14. The molecule has 0 aromatic heterocycles. The number of hydrogen-bond acceptors (Lipinski definition) is 26. The third-order valence-corrected chi connectivity index (χ3v) is 23.0. The SMILES string of the molecule is CC(=O)NC(CCC(=O)[O-])C(=O)N1CC(O)CC1C(=O)NCC(=O)N1CCCC1C(=O)C(C)(C)C.CC(=O)NC(CCC(=O)[O-])C(=O)N1CC(O)CC1C(=O)NCC(=O)N1CCCC1C(=O)C(C)(C)C.CCNC(=O)C(CCC[NH+]=C(N)N)NC(=O)C1CCCN1C(=O)CNC(=O)C(C)NC(C)(C)C.CCNC(=O)C(CCC[NH+]=C(N)N)NC(=O)C1CCCN1C(=O)CNC(=O)C(C)NC(C)(C)C.[Y].[Y]. The second-order valence-electron chi connectivity index (χ2n) is 39.4. The number of ketones is 2. The molecule has 140 heavy (non-hydrogen) atoms. The van der Waals surface area contributed by atoms with Gasteiger partial charge in [0.25, 0.3) is 0 Å². The first-order chi connectivity index (χ1) is 64.1. The molecule has 0 saturated carbocycles. The van der Waals surface area contributed by atoms with Gasteiger partial charge in [0.05, 0.1) is 75.6 Å². The Hall–Kier alpha value is -9.61. The monoisotopic (exact) mass is 2130 g/mol. The average molecular weight is 2140 g/mol. The Balaban J connectivity index is 0.000000929. The minimum absolute atomic E-state index is 0. The zero-order chi connectivity index (χ0) is 105. The number of rotatable bonds is 42. The molecule has 2 radical (unpaired) electrons. The Kier molecular flexibility index (Phi) is 56.3. The molecule has 48 nitrogen and oxygen atoms in total. The van der Waals surface area contributed by atoms with E-state index < -0.39 is 168 Å². The minimum atomic E-state index is -1.40. The molecule has 14 atom stereocenters. The normalized spacial score (nSPS) is 20.0. The summed E-state index contributed by atoms with van der Waals surface area (Å²) in [5.41, 5.74) is 19.8. The summed E-state index contributed by atoms with van der Waals surface area (Å²) in [7, 11) is 0. The molecule has 0 aliphatic carbocycles. The van der Waals surface area contributed by atoms with E-state index in [1.807, 2.05) is 41.5 Å². The fraction of sp³-hybridized carbons (Fsp3) is 0.756. The number of Topliss-reactive ketones (excluding diaryl/α,β-unsaturated/α-hetero) is 2. The number of aliphatic carboxylic acids is 2. The molecule has 6 fully saturated rings. The minimum Gasteiger partial charge on any atom is -0.550 e. The number of β-amino-alcohol motifs (C(OH)–C–C–N with tert-alkyl or cyclic N) is 2. The van der Waals surface area contributed by atoms with Crippen molar-refractivity contribution in [3.05, 3.63) is 0 Å². The zero-order valence-electron chi connectivity index (χ0n) is 84.7. The molecule has 14 unspecified atom stereocenters. The van der Waals surface area contributed by atoms with Gasteiger partial charge < -0.3 is 123 Å². The second kappa shape index (κ2) is 61.4. The number of aliphatic hydroxyl groups is 2. The first-order valence-electron chi connectivity index (χ1n) is 47.4. The predicted octanol–water partition coefficient (Wildman–Crippen LogP) is -11.3. The quantitative estimate of drug-likeness (QED) is 0.0153. The van der Waals surface area contributed by atoms with E-state index in [4.69, 9.17) is 22.9 Å². The van der Waals surface area contributed by atoms with E-state index in [1.54, 1.807) is 69.2 Å². The maximum atomic E-state index is 13.0. The maximum Gasteiger partial charge on any atom is 0.338 e. The molecular weight excluding hydrogens is 1980 g/mol. The van der Waals surface area contributed by atoms with Gasteiger partial charge >= 0.3 is 11.9 Å². The standard InChI is InChI=1S/2C23H36N4O8.2C22H42N8O4.2Y/c2*1-13(28)25-15(7-8-19(31)32)22(35)27-12-14(29)10-17(27)21(34)24-11-18(30)26-9-5-6-16(26)20(33)23(2,3)4;2*1-6-25-19(33)15(9-7-11-26-21(23)24)28-20(34)16-10-8-12-30(16)17(31)13-27-18(32)14(2)29-22(3,4)5;;/h2*14-17,29H,5-12H2,1-4H3,(H,24,34)(H,25,28)(H,31,32);2*14-16,29H,6-13H2,1-5H3,(H,25,33)(H,27,32)(H,28,34)(H4,23,24,26);;. The van der Waals surface area contributed by atoms with E-state index in [-0.39, 0.29) is 212 Å². The van der Waals surface area contributed by atoms with Gasteiger partial charge in [0.15, 0.2) is 11.6 Å². The molecule has 6 heterocycles. The van der Waals surface area contributed by atoms with Crippen LogP contribution in [0.3, 0.4) is 0 Å². The van der Waals surface area contributed by atoms with Crippen LogP contribution in [-0.2, 0) is 161 Å². The number of aliphatic hydroxyl groups excluding tert-OH is 2. The van der Waals surface area contributed by atoms with Crippen LogP contribution in [0, 0.1) is 10.8 Å². The number of carbonyl (C=O) groups is 20. The van der Waals surface area contributed by atoms with Crippen LogP contribution < -0.4 is 107 Å². The number of likely N-dealkylation sites (N-methyl/N-ethyl adjacent to an activating group) is 2. The molecule has 0 bridgehead atoms. The Morgan fingerprint density at radius 1 is 0.379 bits per heavy atom. The summed E-state index contributed by atoms with van der Waals surface area (Å²) < 4.78 is 0. The molecule has 50 heteroatoms. The van der Waals surface area contributed by atoms with Crippen molar-refractivity contribution in [1.29, 1.82) is 0 Å². The van der Waals surface area contributed by atoms with Gasteiger partial charge in [-0.05, 0) is 172 Å². The summed E-state index contributed by atoms with van der Waals surface area (Å²) in [6, 6.07) is -9.50. The number of carboxylic acids is 2. The van der Waals surface area contributed by atoms with Crippen LogP contribution in [0.1, 0.15) is 240 Å². The number of likely N-dealkylation sites (tertiary alicyclic amines) is 6. The first-order valence-corrected chi connectivity index (χ1v) is 47.4. The Labute approximate surface area is 870 Å². The van der Waals surface area contributed by atoms with Crippen LogP contribution in [0.15, 0.2) is 0 Å². The van der Waals surface area contributed by atoms with Crippen molar-refractivity contribution < 1.29 is 192 Å². The number of guanidine groups is 2. The molecule has 0 aromatic rings. The van der Waals surface area contributed by atoms with E-state index in [0.717, 1.165) is 9.80 Å². The van der Waals surface area contributed by atoms with Crippen LogP contribution in [0.2, 0.25) is 0 Å². The van der Waals surface area contributed by atoms with Crippen molar-refractivity contribution in [2.45, 2.75) is 336 Å². The molecule has 0 spiro atoms. The van der Waals surface area contributed by atoms with Crippen molar-refractivity contribution in [3.63, 3.8) is 0 Å². The number of amides is 16. The van der Waals surface area contributed by atoms with Crippen molar-refractivity contribution >= 4 is 130 Å². The summed E-state index contributed by atoms with van der Waals surface area (Å²) in [5, 5.41) is 74.2. The zero-order valence-corrected chi connectivity index (χ0v) is 90.4. The molecule has 6 saturated heterocycles. The Morgan fingerprint density at radius 2 is 0.664 bits per heavy atom. The first kappa shape index (κ1) is 128. The summed E-state index contributed by atoms with van der Waals surface area (Å²) in [6.07, 6.45) is 3.08. The molecule has 6 aliphatic heterocycles. The van der Waals surface area contributed by atoms with Crippen molar-refractivity contribution in [1.82, 2.24) is 93.2 Å². The molecule has 786 valence electrons. The van der Waals surface area contributed by atoms with Crippen molar-refractivity contribution in [3.8, 4) is 0 Å². The predicted molar refractivity (Wildman–Crippen MR) is 499 cm³/mol. The number of nitrogens with zero attached hydrogens (tertiary/aromatic N) is 6. The summed E-state index contributed by atoms with van der Waals surface area (Å²) in [5.74, 6) is -9.98. The maximum absolute atomic E-state index is 13.0. The third-order valence-electron chi connectivity index (χ3n) is 23.0. The van der Waals surface area contributed by atoms with Crippen molar-refractivity contribution in [2.75, 3.05) is 91.6 Å². The third kappa shape index (κ3) is 45.3.